The summed E-state index contributed by atoms with van der Waals surface area (Å²) >= 11 is 0. The van der Waals surface area contributed by atoms with E-state index in [4.69, 9.17) is 0 Å². The number of nitrogens with zero attached hydrogens (tertiary/aromatic N) is 2. The minimum atomic E-state index is -3.51. The lowest BCUT2D eigenvalue weighted by Crippen LogP contribution is -2.30. The maximum Gasteiger partial charge on any atom is 0.247 e. The van der Waals surface area contributed by atoms with E-state index in [9.17, 15) is 12.8 Å². The number of hydrogen-bond acceptors (Lipinski definition) is 5. The molecule has 16 heavy (non-hydrogen) atoms. The van der Waals surface area contributed by atoms with Crippen molar-refractivity contribution in [2.75, 3.05) is 12.3 Å². The molecule has 1 fully saturated rings. The smallest absolute Gasteiger partial charge is 0.247 e. The van der Waals surface area contributed by atoms with Gasteiger partial charge in [0.05, 0.1) is 18.1 Å². The highest BCUT2D eigenvalue weighted by Gasteiger charge is 2.25. The molecule has 88 valence electrons. The van der Waals surface area contributed by atoms with Crippen LogP contribution in [0.2, 0.25) is 0 Å². The van der Waals surface area contributed by atoms with E-state index in [1.165, 1.54) is 0 Å². The van der Waals surface area contributed by atoms with Crippen LogP contribution in [-0.2, 0) is 9.84 Å². The van der Waals surface area contributed by atoms with Crippen molar-refractivity contribution in [2.24, 2.45) is 0 Å². The topological polar surface area (TPSA) is 72.0 Å². The predicted molar refractivity (Wildman–Crippen MR) is 55.1 cm³/mol. The standard InChI is InChI=1S/C9H12FN3O2S/c10-7-4-12-9(13-5-7)16(14,15)6-8-2-1-3-11-8/h4-5,8,11H,1-3,6H2/t8-/m1/s1. The quantitative estimate of drug-likeness (QED) is 0.767. The van der Waals surface area contributed by atoms with Crippen molar-refractivity contribution < 1.29 is 12.8 Å². The molecule has 2 heterocycles. The number of halogens is 1. The summed E-state index contributed by atoms with van der Waals surface area (Å²) in [4.78, 5) is 6.98. The van der Waals surface area contributed by atoms with Crippen LogP contribution < -0.4 is 5.32 Å². The molecule has 1 N–H and O–H groups in total. The summed E-state index contributed by atoms with van der Waals surface area (Å²) in [6.45, 7) is 0.838. The normalized spacial score (nSPS) is 21.2. The summed E-state index contributed by atoms with van der Waals surface area (Å²) < 4.78 is 36.2. The van der Waals surface area contributed by atoms with Gasteiger partial charge in [-0.15, -0.1) is 0 Å². The van der Waals surface area contributed by atoms with Crippen LogP contribution in [0.25, 0.3) is 0 Å². The average Bonchev–Trinajstić information content (AvgIpc) is 2.70. The van der Waals surface area contributed by atoms with Gasteiger partial charge in [-0.05, 0) is 19.4 Å². The second-order valence-corrected chi connectivity index (χ2v) is 5.69. The fraction of sp³-hybridized carbons (Fsp3) is 0.556. The lowest BCUT2D eigenvalue weighted by atomic mass is 10.3. The summed E-state index contributed by atoms with van der Waals surface area (Å²) in [5.74, 6) is -0.670. The average molecular weight is 245 g/mol. The van der Waals surface area contributed by atoms with Crippen molar-refractivity contribution in [3.63, 3.8) is 0 Å². The van der Waals surface area contributed by atoms with Crippen LogP contribution >= 0.6 is 0 Å². The summed E-state index contributed by atoms with van der Waals surface area (Å²) in [6, 6.07) is -0.0429. The van der Waals surface area contributed by atoms with E-state index in [1.807, 2.05) is 0 Å². The summed E-state index contributed by atoms with van der Waals surface area (Å²) in [7, 11) is -3.51. The van der Waals surface area contributed by atoms with Crippen LogP contribution in [0.1, 0.15) is 12.8 Å². The number of sulfone groups is 1. The Labute approximate surface area is 93.0 Å². The molecule has 0 amide bonds. The zero-order valence-electron chi connectivity index (χ0n) is 8.56. The Hall–Kier alpha value is -1.08. The van der Waals surface area contributed by atoms with Crippen LogP contribution in [-0.4, -0.2) is 36.7 Å². The Balaban J connectivity index is 2.14. The van der Waals surface area contributed by atoms with Gasteiger partial charge < -0.3 is 5.32 Å². The third-order valence-corrected chi connectivity index (χ3v) is 4.07. The highest BCUT2D eigenvalue weighted by atomic mass is 32.2. The van der Waals surface area contributed by atoms with Crippen LogP contribution in [0.15, 0.2) is 17.6 Å². The minimum Gasteiger partial charge on any atom is -0.313 e. The zero-order valence-corrected chi connectivity index (χ0v) is 9.37. The van der Waals surface area contributed by atoms with Crippen molar-refractivity contribution in [2.45, 2.75) is 24.0 Å². The van der Waals surface area contributed by atoms with Gasteiger partial charge >= 0.3 is 0 Å². The fourth-order valence-corrected chi connectivity index (χ4v) is 3.09. The molecule has 1 aliphatic heterocycles. The van der Waals surface area contributed by atoms with Crippen LogP contribution in [0.5, 0.6) is 0 Å². The molecule has 0 radical (unpaired) electrons. The highest BCUT2D eigenvalue weighted by molar-refractivity contribution is 7.91. The fourth-order valence-electron chi connectivity index (χ4n) is 1.70. The molecule has 1 saturated heterocycles. The SMILES string of the molecule is O=S(=O)(C[C@H]1CCCN1)c1ncc(F)cn1. The first-order chi connectivity index (χ1) is 7.58. The van der Waals surface area contributed by atoms with Gasteiger partial charge in [-0.3, -0.25) is 0 Å². The van der Waals surface area contributed by atoms with E-state index in [-0.39, 0.29) is 17.0 Å². The van der Waals surface area contributed by atoms with E-state index >= 15 is 0 Å². The van der Waals surface area contributed by atoms with Gasteiger partial charge in [0, 0.05) is 6.04 Å². The van der Waals surface area contributed by atoms with Crippen molar-refractivity contribution in [3.8, 4) is 0 Å². The monoisotopic (exact) mass is 245 g/mol. The first kappa shape index (κ1) is 11.4. The first-order valence-electron chi connectivity index (χ1n) is 5.01. The third kappa shape index (κ3) is 2.53. The Morgan fingerprint density at radius 2 is 2.12 bits per heavy atom. The molecule has 0 spiro atoms. The van der Waals surface area contributed by atoms with Gasteiger partial charge in [-0.2, -0.15) is 0 Å². The van der Waals surface area contributed by atoms with Crippen molar-refractivity contribution in [1.82, 2.24) is 15.3 Å². The highest BCUT2D eigenvalue weighted by Crippen LogP contribution is 2.12. The van der Waals surface area contributed by atoms with Gasteiger partial charge in [-0.25, -0.2) is 22.8 Å². The minimum absolute atomic E-state index is 0.0291. The summed E-state index contributed by atoms with van der Waals surface area (Å²) in [6.07, 6.45) is 3.54. The predicted octanol–water partition coefficient (Wildman–Crippen LogP) is 0.141. The Kier molecular flexibility index (Phi) is 3.15. The summed E-state index contributed by atoms with van der Waals surface area (Å²) in [5, 5.41) is 2.78. The van der Waals surface area contributed by atoms with Crippen molar-refractivity contribution in [1.29, 1.82) is 0 Å². The number of nitrogens with one attached hydrogen (secondary N) is 1. The first-order valence-corrected chi connectivity index (χ1v) is 6.67. The van der Waals surface area contributed by atoms with E-state index in [1.54, 1.807) is 0 Å². The molecule has 1 aliphatic rings. The molecular weight excluding hydrogens is 233 g/mol. The second-order valence-electron chi connectivity index (χ2n) is 3.76. The lowest BCUT2D eigenvalue weighted by Gasteiger charge is -2.09. The van der Waals surface area contributed by atoms with E-state index in [2.05, 4.69) is 15.3 Å². The van der Waals surface area contributed by atoms with Crippen LogP contribution in [0, 0.1) is 5.82 Å². The van der Waals surface area contributed by atoms with Crippen LogP contribution in [0.4, 0.5) is 4.39 Å². The largest absolute Gasteiger partial charge is 0.313 e. The molecule has 1 aromatic heterocycles. The molecule has 0 aromatic carbocycles. The molecular formula is C9H12FN3O2S. The number of hydrogen-bond donors (Lipinski definition) is 1. The molecule has 1 atom stereocenters. The van der Waals surface area contributed by atoms with Gasteiger partial charge in [0.1, 0.15) is 0 Å². The Morgan fingerprint density at radius 1 is 1.44 bits per heavy atom. The molecule has 1 aromatic rings. The van der Waals surface area contributed by atoms with Gasteiger partial charge in [0.25, 0.3) is 0 Å². The number of aromatic nitrogens is 2. The molecule has 0 saturated carbocycles. The molecule has 5 nitrogen and oxygen atoms in total. The maximum absolute atomic E-state index is 12.5. The maximum atomic E-state index is 12.5. The van der Waals surface area contributed by atoms with Gasteiger partial charge in [0.2, 0.25) is 15.0 Å². The molecule has 7 heteroatoms. The molecule has 0 aliphatic carbocycles. The lowest BCUT2D eigenvalue weighted by molar-refractivity contribution is 0.562. The zero-order chi connectivity index (χ0) is 11.6. The van der Waals surface area contributed by atoms with E-state index in [0.29, 0.717) is 0 Å². The van der Waals surface area contributed by atoms with Crippen molar-refractivity contribution >= 4 is 9.84 Å². The Bertz CT molecular complexity index is 454. The van der Waals surface area contributed by atoms with E-state index < -0.39 is 15.7 Å². The number of rotatable bonds is 3. The molecule has 2 rings (SSSR count). The van der Waals surface area contributed by atoms with Gasteiger partial charge in [0.15, 0.2) is 5.82 Å². The van der Waals surface area contributed by atoms with E-state index in [0.717, 1.165) is 31.8 Å². The summed E-state index contributed by atoms with van der Waals surface area (Å²) in [5.41, 5.74) is 0. The second kappa shape index (κ2) is 4.42. The van der Waals surface area contributed by atoms with Gasteiger partial charge in [-0.1, -0.05) is 0 Å². The van der Waals surface area contributed by atoms with Crippen molar-refractivity contribution in [3.05, 3.63) is 18.2 Å². The Morgan fingerprint density at radius 3 is 2.69 bits per heavy atom. The third-order valence-electron chi connectivity index (χ3n) is 2.46. The molecule has 0 unspecified atom stereocenters. The van der Waals surface area contributed by atoms with Crippen LogP contribution in [0.3, 0.4) is 0 Å². The molecule has 0 bridgehead atoms.